The standard InChI is InChI=1S/C14H10N2O3S/c1-18-14(17)9-2-4-10(5-3-9)19-13-12-11(6-7-20-12)15-8-16-13/h2-8H,1H3. The molecule has 0 aliphatic heterocycles. The van der Waals surface area contributed by atoms with Crippen LogP contribution in [0.5, 0.6) is 11.6 Å². The van der Waals surface area contributed by atoms with Gasteiger partial charge in [-0.1, -0.05) is 0 Å². The topological polar surface area (TPSA) is 61.3 Å². The van der Waals surface area contributed by atoms with Crippen LogP contribution < -0.4 is 4.74 Å². The van der Waals surface area contributed by atoms with Gasteiger partial charge in [0.05, 0.1) is 18.2 Å². The van der Waals surface area contributed by atoms with Crippen LogP contribution in [-0.4, -0.2) is 23.0 Å². The molecule has 5 nitrogen and oxygen atoms in total. The molecule has 1 aromatic carbocycles. The van der Waals surface area contributed by atoms with Gasteiger partial charge in [-0.2, -0.15) is 0 Å². The van der Waals surface area contributed by atoms with Gasteiger partial charge in [-0.05, 0) is 35.7 Å². The molecule has 0 aliphatic carbocycles. The van der Waals surface area contributed by atoms with E-state index in [9.17, 15) is 4.79 Å². The van der Waals surface area contributed by atoms with Crippen LogP contribution in [0.25, 0.3) is 10.2 Å². The van der Waals surface area contributed by atoms with Crippen LogP contribution in [-0.2, 0) is 4.74 Å². The maximum atomic E-state index is 11.3. The third-order valence-corrected chi connectivity index (χ3v) is 3.59. The fourth-order valence-corrected chi connectivity index (χ4v) is 2.50. The minimum absolute atomic E-state index is 0.376. The maximum absolute atomic E-state index is 11.3. The van der Waals surface area contributed by atoms with Crippen molar-refractivity contribution in [1.29, 1.82) is 0 Å². The summed E-state index contributed by atoms with van der Waals surface area (Å²) < 4.78 is 11.3. The van der Waals surface area contributed by atoms with Crippen LogP contribution in [0.2, 0.25) is 0 Å². The molecular formula is C14H10N2O3S. The Morgan fingerprint density at radius 3 is 2.70 bits per heavy atom. The molecule has 0 bridgehead atoms. The number of carbonyl (C=O) groups is 1. The number of benzene rings is 1. The maximum Gasteiger partial charge on any atom is 0.337 e. The van der Waals surface area contributed by atoms with Crippen molar-refractivity contribution in [3.8, 4) is 11.6 Å². The van der Waals surface area contributed by atoms with Crippen LogP contribution in [0.3, 0.4) is 0 Å². The molecule has 0 aliphatic rings. The van der Waals surface area contributed by atoms with E-state index < -0.39 is 0 Å². The predicted molar refractivity (Wildman–Crippen MR) is 75.3 cm³/mol. The summed E-state index contributed by atoms with van der Waals surface area (Å²) in [6.07, 6.45) is 1.47. The molecule has 2 aromatic heterocycles. The van der Waals surface area contributed by atoms with Crippen molar-refractivity contribution in [2.45, 2.75) is 0 Å². The number of hydrogen-bond donors (Lipinski definition) is 0. The Morgan fingerprint density at radius 2 is 1.95 bits per heavy atom. The largest absolute Gasteiger partial charge is 0.465 e. The number of ether oxygens (including phenoxy) is 2. The molecule has 6 heteroatoms. The van der Waals surface area contributed by atoms with Crippen LogP contribution in [0.4, 0.5) is 0 Å². The van der Waals surface area contributed by atoms with Crippen LogP contribution in [0.15, 0.2) is 42.0 Å². The number of esters is 1. The van der Waals surface area contributed by atoms with Crippen LogP contribution in [0, 0.1) is 0 Å². The molecule has 100 valence electrons. The first-order valence-corrected chi connectivity index (χ1v) is 6.70. The fraction of sp³-hybridized carbons (Fsp3) is 0.0714. The highest BCUT2D eigenvalue weighted by Gasteiger charge is 2.09. The highest BCUT2D eigenvalue weighted by molar-refractivity contribution is 7.17. The van der Waals surface area contributed by atoms with Gasteiger partial charge in [0, 0.05) is 0 Å². The van der Waals surface area contributed by atoms with E-state index >= 15 is 0 Å². The molecule has 0 saturated carbocycles. The highest BCUT2D eigenvalue weighted by atomic mass is 32.1. The van der Waals surface area contributed by atoms with E-state index in [1.807, 2.05) is 11.4 Å². The zero-order valence-electron chi connectivity index (χ0n) is 10.6. The molecule has 2 heterocycles. The molecule has 0 radical (unpaired) electrons. The van der Waals surface area contributed by atoms with E-state index in [4.69, 9.17) is 4.74 Å². The van der Waals surface area contributed by atoms with Crippen molar-refractivity contribution in [2.75, 3.05) is 7.11 Å². The Bertz CT molecular complexity index is 752. The van der Waals surface area contributed by atoms with Gasteiger partial charge < -0.3 is 9.47 Å². The van der Waals surface area contributed by atoms with Crippen LogP contribution in [0.1, 0.15) is 10.4 Å². The van der Waals surface area contributed by atoms with Crippen LogP contribution >= 0.6 is 11.3 Å². The zero-order valence-corrected chi connectivity index (χ0v) is 11.4. The Balaban J connectivity index is 1.88. The molecule has 0 N–H and O–H groups in total. The second-order valence-electron chi connectivity index (χ2n) is 3.93. The average molecular weight is 286 g/mol. The van der Waals surface area contributed by atoms with Crippen molar-refractivity contribution >= 4 is 27.5 Å². The summed E-state index contributed by atoms with van der Waals surface area (Å²) in [6, 6.07) is 8.61. The van der Waals surface area contributed by atoms with Gasteiger partial charge in [0.1, 0.15) is 16.8 Å². The van der Waals surface area contributed by atoms with Gasteiger partial charge in [0.25, 0.3) is 0 Å². The fourth-order valence-electron chi connectivity index (χ4n) is 1.73. The average Bonchev–Trinajstić information content (AvgIpc) is 2.97. The molecular weight excluding hydrogens is 276 g/mol. The van der Waals surface area contributed by atoms with Crippen molar-refractivity contribution < 1.29 is 14.3 Å². The first-order valence-electron chi connectivity index (χ1n) is 5.82. The first-order chi connectivity index (χ1) is 9.78. The lowest BCUT2D eigenvalue weighted by atomic mass is 10.2. The number of carbonyl (C=O) groups excluding carboxylic acids is 1. The van der Waals surface area contributed by atoms with Gasteiger partial charge in [-0.15, -0.1) is 11.3 Å². The normalized spacial score (nSPS) is 10.4. The van der Waals surface area contributed by atoms with Crippen molar-refractivity contribution in [1.82, 2.24) is 9.97 Å². The lowest BCUT2D eigenvalue weighted by Crippen LogP contribution is -2.00. The smallest absolute Gasteiger partial charge is 0.337 e. The summed E-state index contributed by atoms with van der Waals surface area (Å²) in [6.45, 7) is 0. The SMILES string of the molecule is COC(=O)c1ccc(Oc2ncnc3ccsc23)cc1. The summed E-state index contributed by atoms with van der Waals surface area (Å²) in [5.41, 5.74) is 1.33. The number of hydrogen-bond acceptors (Lipinski definition) is 6. The van der Waals surface area contributed by atoms with E-state index in [1.54, 1.807) is 24.3 Å². The quantitative estimate of drug-likeness (QED) is 0.691. The summed E-state index contributed by atoms with van der Waals surface area (Å²) >= 11 is 1.52. The Hall–Kier alpha value is -2.47. The molecule has 0 fully saturated rings. The molecule has 0 spiro atoms. The molecule has 3 rings (SSSR count). The van der Waals surface area contributed by atoms with Gasteiger partial charge in [-0.3, -0.25) is 0 Å². The predicted octanol–water partition coefficient (Wildman–Crippen LogP) is 3.27. The molecule has 0 amide bonds. The number of rotatable bonds is 3. The van der Waals surface area contributed by atoms with Gasteiger partial charge in [-0.25, -0.2) is 14.8 Å². The summed E-state index contributed by atoms with van der Waals surface area (Å²) in [7, 11) is 1.35. The van der Waals surface area contributed by atoms with E-state index in [2.05, 4.69) is 14.7 Å². The third-order valence-electron chi connectivity index (χ3n) is 2.70. The second kappa shape index (κ2) is 5.26. The number of methoxy groups -OCH3 is 1. The molecule has 0 atom stereocenters. The Kier molecular flexibility index (Phi) is 3.30. The van der Waals surface area contributed by atoms with E-state index in [-0.39, 0.29) is 5.97 Å². The Labute approximate surface area is 118 Å². The lowest BCUT2D eigenvalue weighted by Gasteiger charge is -2.05. The minimum atomic E-state index is -0.376. The van der Waals surface area contributed by atoms with E-state index in [0.717, 1.165) is 10.2 Å². The summed E-state index contributed by atoms with van der Waals surface area (Å²) in [5.74, 6) is 0.737. The molecule has 0 unspecified atom stereocenters. The molecule has 0 saturated heterocycles. The van der Waals surface area contributed by atoms with E-state index in [0.29, 0.717) is 17.2 Å². The van der Waals surface area contributed by atoms with Gasteiger partial charge in [0.2, 0.25) is 5.88 Å². The number of aromatic nitrogens is 2. The molecule has 20 heavy (non-hydrogen) atoms. The second-order valence-corrected chi connectivity index (χ2v) is 4.85. The summed E-state index contributed by atoms with van der Waals surface area (Å²) in [5, 5.41) is 1.94. The van der Waals surface area contributed by atoms with E-state index in [1.165, 1.54) is 24.8 Å². The first kappa shape index (κ1) is 12.6. The monoisotopic (exact) mass is 286 g/mol. The number of nitrogens with zero attached hydrogens (tertiary/aromatic N) is 2. The lowest BCUT2D eigenvalue weighted by molar-refractivity contribution is 0.0600. The minimum Gasteiger partial charge on any atom is -0.465 e. The van der Waals surface area contributed by atoms with Crippen molar-refractivity contribution in [3.05, 3.63) is 47.6 Å². The summed E-state index contributed by atoms with van der Waals surface area (Å²) in [4.78, 5) is 19.6. The zero-order chi connectivity index (χ0) is 13.9. The van der Waals surface area contributed by atoms with Gasteiger partial charge in [0.15, 0.2) is 0 Å². The van der Waals surface area contributed by atoms with Crippen molar-refractivity contribution in [2.24, 2.45) is 0 Å². The van der Waals surface area contributed by atoms with Crippen molar-refractivity contribution in [3.63, 3.8) is 0 Å². The molecule has 3 aromatic rings. The number of fused-ring (bicyclic) bond motifs is 1. The third kappa shape index (κ3) is 2.33. The number of thiophene rings is 1. The highest BCUT2D eigenvalue weighted by Crippen LogP contribution is 2.30. The Morgan fingerprint density at radius 1 is 1.15 bits per heavy atom. The van der Waals surface area contributed by atoms with Gasteiger partial charge >= 0.3 is 5.97 Å².